The zero-order chi connectivity index (χ0) is 18.6. The number of nitrogens with zero attached hydrogens (tertiary/aromatic N) is 6. The van der Waals surface area contributed by atoms with Crippen LogP contribution in [0.1, 0.15) is 5.89 Å². The lowest BCUT2D eigenvalue weighted by atomic mass is 10.2. The Kier molecular flexibility index (Phi) is 4.80. The van der Waals surface area contributed by atoms with E-state index in [1.54, 1.807) is 29.1 Å². The van der Waals surface area contributed by atoms with Gasteiger partial charge in [-0.1, -0.05) is 22.8 Å². The minimum atomic E-state index is 0.333. The van der Waals surface area contributed by atoms with Gasteiger partial charge in [0, 0.05) is 35.6 Å². The van der Waals surface area contributed by atoms with Crippen molar-refractivity contribution in [2.45, 2.75) is 6.42 Å². The lowest BCUT2D eigenvalue weighted by Crippen LogP contribution is -2.06. The molecule has 0 atom stereocenters. The molecule has 0 bridgehead atoms. The summed E-state index contributed by atoms with van der Waals surface area (Å²) >= 11 is 5.99. The lowest BCUT2D eigenvalue weighted by molar-refractivity contribution is 0.275. The van der Waals surface area contributed by atoms with Gasteiger partial charge in [-0.2, -0.15) is 0 Å². The van der Waals surface area contributed by atoms with Crippen LogP contribution in [0, 0.1) is 0 Å². The Balaban J connectivity index is 1.39. The fraction of sp³-hybridized carbons (Fsp3) is 0.167. The molecule has 3 aromatic heterocycles. The van der Waals surface area contributed by atoms with E-state index in [1.165, 1.54) is 0 Å². The molecule has 0 aliphatic heterocycles. The number of benzene rings is 1. The van der Waals surface area contributed by atoms with Crippen molar-refractivity contribution < 1.29 is 9.15 Å². The van der Waals surface area contributed by atoms with Crippen molar-refractivity contribution in [2.75, 3.05) is 6.61 Å². The van der Waals surface area contributed by atoms with E-state index in [0.717, 1.165) is 11.1 Å². The Hall–Kier alpha value is -3.26. The third kappa shape index (κ3) is 3.80. The Morgan fingerprint density at radius 2 is 1.89 bits per heavy atom. The number of pyridine rings is 1. The molecule has 0 saturated carbocycles. The van der Waals surface area contributed by atoms with E-state index < -0.39 is 0 Å². The molecule has 8 nitrogen and oxygen atoms in total. The second kappa shape index (κ2) is 7.55. The zero-order valence-corrected chi connectivity index (χ0v) is 15.2. The molecule has 4 aromatic rings. The van der Waals surface area contributed by atoms with Crippen molar-refractivity contribution >= 4 is 11.6 Å². The number of aromatic nitrogens is 6. The van der Waals surface area contributed by atoms with E-state index in [1.807, 2.05) is 31.3 Å². The van der Waals surface area contributed by atoms with Crippen LogP contribution in [-0.2, 0) is 13.5 Å². The van der Waals surface area contributed by atoms with Crippen LogP contribution < -0.4 is 4.74 Å². The van der Waals surface area contributed by atoms with Gasteiger partial charge in [-0.25, -0.2) is 0 Å². The van der Waals surface area contributed by atoms with Gasteiger partial charge < -0.3 is 9.15 Å². The molecule has 1 aromatic carbocycles. The molecule has 4 rings (SSSR count). The molecule has 0 radical (unpaired) electrons. The number of ether oxygens (including phenoxy) is 1. The molecule has 0 saturated heterocycles. The van der Waals surface area contributed by atoms with Crippen LogP contribution in [0.4, 0.5) is 0 Å². The third-order valence-electron chi connectivity index (χ3n) is 3.86. The summed E-state index contributed by atoms with van der Waals surface area (Å²) in [6.07, 6.45) is 3.86. The van der Waals surface area contributed by atoms with Crippen molar-refractivity contribution in [1.29, 1.82) is 0 Å². The normalized spacial score (nSPS) is 10.9. The molecule has 0 amide bonds. The third-order valence-corrected chi connectivity index (χ3v) is 4.09. The summed E-state index contributed by atoms with van der Waals surface area (Å²) in [5.74, 6) is 1.60. The van der Waals surface area contributed by atoms with Gasteiger partial charge in [-0.3, -0.25) is 9.55 Å². The minimum absolute atomic E-state index is 0.333. The molecule has 136 valence electrons. The van der Waals surface area contributed by atoms with Gasteiger partial charge in [0.15, 0.2) is 5.82 Å². The molecule has 3 heterocycles. The average molecular weight is 383 g/mol. The van der Waals surface area contributed by atoms with E-state index in [4.69, 9.17) is 20.8 Å². The maximum absolute atomic E-state index is 5.99. The maximum Gasteiger partial charge on any atom is 0.316 e. The summed E-state index contributed by atoms with van der Waals surface area (Å²) in [5, 5.41) is 16.9. The highest BCUT2D eigenvalue weighted by molar-refractivity contribution is 6.30. The summed E-state index contributed by atoms with van der Waals surface area (Å²) < 4.78 is 13.1. The van der Waals surface area contributed by atoms with E-state index in [2.05, 4.69) is 25.4 Å². The second-order valence-corrected chi connectivity index (χ2v) is 6.15. The first-order valence-electron chi connectivity index (χ1n) is 8.21. The summed E-state index contributed by atoms with van der Waals surface area (Å²) in [5.41, 5.74) is 1.69. The van der Waals surface area contributed by atoms with Gasteiger partial charge in [0.2, 0.25) is 11.8 Å². The smallest absolute Gasteiger partial charge is 0.316 e. The first kappa shape index (κ1) is 17.2. The summed E-state index contributed by atoms with van der Waals surface area (Å²) in [4.78, 5) is 4.00. The molecule has 0 spiro atoms. The molecule has 0 aliphatic carbocycles. The summed E-state index contributed by atoms with van der Waals surface area (Å²) in [6.45, 7) is 0.333. The van der Waals surface area contributed by atoms with Gasteiger partial charge in [0.05, 0.1) is 6.42 Å². The van der Waals surface area contributed by atoms with Crippen LogP contribution in [0.2, 0.25) is 5.02 Å². The van der Waals surface area contributed by atoms with Crippen LogP contribution in [0.15, 0.2) is 53.2 Å². The first-order valence-corrected chi connectivity index (χ1v) is 8.59. The molecule has 9 heteroatoms. The van der Waals surface area contributed by atoms with E-state index in [9.17, 15) is 0 Å². The van der Waals surface area contributed by atoms with Crippen LogP contribution in [0.3, 0.4) is 0 Å². The molecule has 27 heavy (non-hydrogen) atoms. The van der Waals surface area contributed by atoms with Crippen LogP contribution in [0.5, 0.6) is 6.01 Å². The van der Waals surface area contributed by atoms with Crippen LogP contribution >= 0.6 is 11.6 Å². The highest BCUT2D eigenvalue weighted by Crippen LogP contribution is 2.22. The van der Waals surface area contributed by atoms with Gasteiger partial charge in [-0.05, 0) is 30.3 Å². The van der Waals surface area contributed by atoms with Crippen molar-refractivity contribution in [3.8, 4) is 28.9 Å². The largest absolute Gasteiger partial charge is 0.463 e. The Morgan fingerprint density at radius 1 is 1.04 bits per heavy atom. The van der Waals surface area contributed by atoms with E-state index in [0.29, 0.717) is 41.7 Å². The van der Waals surface area contributed by atoms with Crippen LogP contribution in [0.25, 0.3) is 22.8 Å². The molecule has 0 N–H and O–H groups in total. The van der Waals surface area contributed by atoms with Crippen molar-refractivity contribution in [2.24, 2.45) is 7.05 Å². The topological polar surface area (TPSA) is 91.8 Å². The summed E-state index contributed by atoms with van der Waals surface area (Å²) in [7, 11) is 1.84. The van der Waals surface area contributed by atoms with E-state index >= 15 is 0 Å². The fourth-order valence-electron chi connectivity index (χ4n) is 2.52. The maximum atomic E-state index is 5.99. The van der Waals surface area contributed by atoms with Gasteiger partial charge >= 0.3 is 6.01 Å². The van der Waals surface area contributed by atoms with Gasteiger partial charge in [0.25, 0.3) is 0 Å². The fourth-order valence-corrected chi connectivity index (χ4v) is 2.71. The highest BCUT2D eigenvalue weighted by Gasteiger charge is 2.13. The van der Waals surface area contributed by atoms with Gasteiger partial charge in [0.1, 0.15) is 6.61 Å². The lowest BCUT2D eigenvalue weighted by Gasteiger charge is -2.04. The molecular formula is C18H15ClN6O2. The second-order valence-electron chi connectivity index (χ2n) is 5.71. The first-order chi connectivity index (χ1) is 13.2. The van der Waals surface area contributed by atoms with Crippen molar-refractivity contribution in [3.05, 3.63) is 59.7 Å². The standard InChI is InChI=1S/C18H15ClN6O2/c1-25-16(12-5-8-20-9-6-12)22-24-18(25)26-10-7-15-21-23-17(27-15)13-3-2-4-14(19)11-13/h2-6,8-9,11H,7,10H2,1H3. The average Bonchev–Trinajstić information content (AvgIpc) is 3.30. The number of hydrogen-bond donors (Lipinski definition) is 0. The van der Waals surface area contributed by atoms with Crippen LogP contribution in [-0.4, -0.2) is 36.6 Å². The monoisotopic (exact) mass is 382 g/mol. The predicted octanol–water partition coefficient (Wildman–Crippen LogP) is 3.20. The SMILES string of the molecule is Cn1c(OCCc2nnc(-c3cccc(Cl)c3)o2)nnc1-c1ccncc1. The minimum Gasteiger partial charge on any atom is -0.463 e. The zero-order valence-electron chi connectivity index (χ0n) is 14.4. The Bertz CT molecular complexity index is 1050. The quantitative estimate of drug-likeness (QED) is 0.505. The molecule has 0 aliphatic rings. The molecular weight excluding hydrogens is 368 g/mol. The molecule has 0 unspecified atom stereocenters. The molecule has 0 fully saturated rings. The van der Waals surface area contributed by atoms with Crippen molar-refractivity contribution in [1.82, 2.24) is 29.9 Å². The van der Waals surface area contributed by atoms with Crippen molar-refractivity contribution in [3.63, 3.8) is 0 Å². The van der Waals surface area contributed by atoms with E-state index in [-0.39, 0.29) is 0 Å². The summed E-state index contributed by atoms with van der Waals surface area (Å²) in [6, 6.07) is 11.4. The number of rotatable bonds is 6. The number of halogens is 1. The van der Waals surface area contributed by atoms with Gasteiger partial charge in [-0.15, -0.1) is 15.3 Å². The Morgan fingerprint density at radius 3 is 2.70 bits per heavy atom. The number of hydrogen-bond acceptors (Lipinski definition) is 7. The Labute approximate surface area is 159 Å². The predicted molar refractivity (Wildman–Crippen MR) is 98.2 cm³/mol. The highest BCUT2D eigenvalue weighted by atomic mass is 35.5.